The van der Waals surface area contributed by atoms with Gasteiger partial charge in [-0.3, -0.25) is 4.79 Å². The van der Waals surface area contributed by atoms with Crippen LogP contribution in [-0.4, -0.2) is 30.0 Å². The van der Waals surface area contributed by atoms with Crippen molar-refractivity contribution < 1.29 is 9.53 Å². The molecule has 0 radical (unpaired) electrons. The van der Waals surface area contributed by atoms with Gasteiger partial charge in [-0.05, 0) is 51.3 Å². The van der Waals surface area contributed by atoms with Gasteiger partial charge in [0, 0.05) is 17.6 Å². The quantitative estimate of drug-likeness (QED) is 0.834. The van der Waals surface area contributed by atoms with Crippen LogP contribution in [0.2, 0.25) is 0 Å². The van der Waals surface area contributed by atoms with E-state index in [4.69, 9.17) is 10.5 Å². The van der Waals surface area contributed by atoms with Gasteiger partial charge in [-0.2, -0.15) is 0 Å². The third-order valence-corrected chi connectivity index (χ3v) is 3.91. The van der Waals surface area contributed by atoms with E-state index in [1.54, 1.807) is 25.3 Å². The molecule has 1 heterocycles. The van der Waals surface area contributed by atoms with Gasteiger partial charge in [0.1, 0.15) is 5.75 Å². The molecule has 1 aliphatic heterocycles. The summed E-state index contributed by atoms with van der Waals surface area (Å²) < 4.78 is 5.18. The summed E-state index contributed by atoms with van der Waals surface area (Å²) in [5.41, 5.74) is 6.98. The molecule has 0 aliphatic carbocycles. The predicted octanol–water partition coefficient (Wildman–Crippen LogP) is 2.68. The first-order valence-corrected chi connectivity index (χ1v) is 6.80. The molecule has 0 saturated carbocycles. The number of carbonyl (C=O) groups excluding carboxylic acids is 1. The molecule has 1 saturated heterocycles. The van der Waals surface area contributed by atoms with Gasteiger partial charge >= 0.3 is 0 Å². The van der Waals surface area contributed by atoms with E-state index in [1.165, 1.54) is 6.42 Å². The van der Waals surface area contributed by atoms with Gasteiger partial charge < -0.3 is 15.4 Å². The van der Waals surface area contributed by atoms with E-state index in [1.807, 2.05) is 4.90 Å². The Morgan fingerprint density at radius 2 is 1.95 bits per heavy atom. The molecule has 2 rings (SSSR count). The van der Waals surface area contributed by atoms with Crippen molar-refractivity contribution in [1.82, 2.24) is 4.90 Å². The van der Waals surface area contributed by atoms with Gasteiger partial charge in [0.15, 0.2) is 0 Å². The number of carbonyl (C=O) groups is 1. The molecule has 4 nitrogen and oxygen atoms in total. The molecule has 1 aromatic carbocycles. The number of piperidine rings is 1. The first-order chi connectivity index (χ1) is 9.04. The number of nitrogens with zero attached hydrogens (tertiary/aromatic N) is 1. The van der Waals surface area contributed by atoms with Crippen molar-refractivity contribution in [2.75, 3.05) is 12.8 Å². The third-order valence-electron chi connectivity index (χ3n) is 3.91. The first-order valence-electron chi connectivity index (χ1n) is 6.80. The standard InChI is InChI=1S/C15H22N2O2/c1-10-5-4-6-11(2)17(10)15(18)12-7-8-13(16)14(9-12)19-3/h7-11H,4-6,16H2,1-3H3/t10-,11+. The highest BCUT2D eigenvalue weighted by Crippen LogP contribution is 2.27. The van der Waals surface area contributed by atoms with Crippen molar-refractivity contribution in [3.05, 3.63) is 23.8 Å². The second-order valence-corrected chi connectivity index (χ2v) is 5.30. The van der Waals surface area contributed by atoms with Gasteiger partial charge in [-0.1, -0.05) is 0 Å². The second-order valence-electron chi connectivity index (χ2n) is 5.30. The summed E-state index contributed by atoms with van der Waals surface area (Å²) in [7, 11) is 1.56. The zero-order valence-electron chi connectivity index (χ0n) is 11.8. The summed E-state index contributed by atoms with van der Waals surface area (Å²) in [6, 6.07) is 5.81. The molecule has 1 aliphatic rings. The molecule has 0 unspecified atom stereocenters. The minimum absolute atomic E-state index is 0.0676. The number of benzene rings is 1. The number of hydrogen-bond donors (Lipinski definition) is 1. The molecule has 1 fully saturated rings. The fourth-order valence-corrected chi connectivity index (χ4v) is 2.81. The molecule has 1 aromatic rings. The molecule has 2 N–H and O–H groups in total. The lowest BCUT2D eigenvalue weighted by molar-refractivity contribution is 0.0510. The van der Waals surface area contributed by atoms with E-state index in [0.717, 1.165) is 12.8 Å². The summed E-state index contributed by atoms with van der Waals surface area (Å²) in [5.74, 6) is 0.626. The van der Waals surface area contributed by atoms with Crippen LogP contribution in [0.1, 0.15) is 43.5 Å². The number of likely N-dealkylation sites (tertiary alicyclic amines) is 1. The van der Waals surface area contributed by atoms with E-state index in [0.29, 0.717) is 29.1 Å². The maximum atomic E-state index is 12.6. The van der Waals surface area contributed by atoms with Gasteiger partial charge in [0.05, 0.1) is 12.8 Å². The van der Waals surface area contributed by atoms with Crippen molar-refractivity contribution >= 4 is 11.6 Å². The van der Waals surface area contributed by atoms with Crippen molar-refractivity contribution in [2.24, 2.45) is 0 Å². The summed E-state index contributed by atoms with van der Waals surface area (Å²) in [4.78, 5) is 14.6. The lowest BCUT2D eigenvalue weighted by atomic mass is 9.96. The first kappa shape index (κ1) is 13.7. The smallest absolute Gasteiger partial charge is 0.254 e. The number of methoxy groups -OCH3 is 1. The average Bonchev–Trinajstić information content (AvgIpc) is 2.39. The summed E-state index contributed by atoms with van der Waals surface area (Å²) in [6.45, 7) is 4.23. The topological polar surface area (TPSA) is 55.6 Å². The van der Waals surface area contributed by atoms with Gasteiger partial charge in [-0.25, -0.2) is 0 Å². The monoisotopic (exact) mass is 262 g/mol. The molecule has 0 aromatic heterocycles. The Bertz CT molecular complexity index is 463. The minimum Gasteiger partial charge on any atom is -0.495 e. The molecule has 4 heteroatoms. The summed E-state index contributed by atoms with van der Waals surface area (Å²) in [5, 5.41) is 0. The van der Waals surface area contributed by atoms with E-state index in [9.17, 15) is 4.79 Å². The number of nitrogen functional groups attached to an aromatic ring is 1. The normalized spacial score (nSPS) is 23.2. The Labute approximate surface area is 114 Å². The highest BCUT2D eigenvalue weighted by molar-refractivity contribution is 5.95. The maximum absolute atomic E-state index is 12.6. The van der Waals surface area contributed by atoms with Crippen molar-refractivity contribution in [2.45, 2.75) is 45.2 Å². The number of anilines is 1. The van der Waals surface area contributed by atoms with Crippen molar-refractivity contribution in [3.63, 3.8) is 0 Å². The summed E-state index contributed by atoms with van der Waals surface area (Å²) in [6.07, 6.45) is 3.33. The Kier molecular flexibility index (Phi) is 3.98. The molecule has 0 bridgehead atoms. The molecule has 19 heavy (non-hydrogen) atoms. The van der Waals surface area contributed by atoms with Crippen LogP contribution in [0.25, 0.3) is 0 Å². The number of hydrogen-bond acceptors (Lipinski definition) is 3. The zero-order valence-corrected chi connectivity index (χ0v) is 11.8. The zero-order chi connectivity index (χ0) is 14.0. The van der Waals surface area contributed by atoms with Crippen LogP contribution in [0.4, 0.5) is 5.69 Å². The Hall–Kier alpha value is -1.71. The minimum atomic E-state index is 0.0676. The number of amides is 1. The second kappa shape index (κ2) is 5.51. The lowest BCUT2D eigenvalue weighted by Gasteiger charge is -2.39. The highest BCUT2D eigenvalue weighted by atomic mass is 16.5. The van der Waals surface area contributed by atoms with Crippen LogP contribution in [0.3, 0.4) is 0 Å². The van der Waals surface area contributed by atoms with Crippen molar-refractivity contribution in [3.8, 4) is 5.75 Å². The SMILES string of the molecule is COc1cc(C(=O)N2[C@H](C)CCC[C@@H]2C)ccc1N. The van der Waals surface area contributed by atoms with E-state index >= 15 is 0 Å². The lowest BCUT2D eigenvalue weighted by Crippen LogP contribution is -2.47. The fraction of sp³-hybridized carbons (Fsp3) is 0.533. The molecule has 104 valence electrons. The highest BCUT2D eigenvalue weighted by Gasteiger charge is 2.29. The van der Waals surface area contributed by atoms with E-state index in [2.05, 4.69) is 13.8 Å². The Morgan fingerprint density at radius 3 is 2.53 bits per heavy atom. The van der Waals surface area contributed by atoms with Crippen LogP contribution in [0.5, 0.6) is 5.75 Å². The fourth-order valence-electron chi connectivity index (χ4n) is 2.81. The average molecular weight is 262 g/mol. The van der Waals surface area contributed by atoms with Crippen LogP contribution in [0.15, 0.2) is 18.2 Å². The largest absolute Gasteiger partial charge is 0.495 e. The van der Waals surface area contributed by atoms with Crippen LogP contribution in [0, 0.1) is 0 Å². The number of nitrogens with two attached hydrogens (primary N) is 1. The predicted molar refractivity (Wildman–Crippen MR) is 76.4 cm³/mol. The van der Waals surface area contributed by atoms with Gasteiger partial charge in [0.25, 0.3) is 5.91 Å². The van der Waals surface area contributed by atoms with Crippen molar-refractivity contribution in [1.29, 1.82) is 0 Å². The number of ether oxygens (including phenoxy) is 1. The number of rotatable bonds is 2. The van der Waals surface area contributed by atoms with E-state index < -0.39 is 0 Å². The van der Waals surface area contributed by atoms with E-state index in [-0.39, 0.29) is 5.91 Å². The van der Waals surface area contributed by atoms with Crippen LogP contribution < -0.4 is 10.5 Å². The maximum Gasteiger partial charge on any atom is 0.254 e. The third kappa shape index (κ3) is 2.67. The Morgan fingerprint density at radius 1 is 1.32 bits per heavy atom. The molecular formula is C15H22N2O2. The molecule has 1 amide bonds. The Balaban J connectivity index is 2.27. The summed E-state index contributed by atoms with van der Waals surface area (Å²) >= 11 is 0. The molecule has 0 spiro atoms. The molecular weight excluding hydrogens is 240 g/mol. The van der Waals surface area contributed by atoms with Crippen LogP contribution >= 0.6 is 0 Å². The van der Waals surface area contributed by atoms with Gasteiger partial charge in [0.2, 0.25) is 0 Å². The van der Waals surface area contributed by atoms with Gasteiger partial charge in [-0.15, -0.1) is 0 Å². The molecule has 2 atom stereocenters. The van der Waals surface area contributed by atoms with Crippen LogP contribution in [-0.2, 0) is 0 Å².